The van der Waals surface area contributed by atoms with Crippen LogP contribution < -0.4 is 10.5 Å². The summed E-state index contributed by atoms with van der Waals surface area (Å²) >= 11 is 0. The number of nitrogen functional groups attached to an aromatic ring is 1. The molecule has 150 valence electrons. The van der Waals surface area contributed by atoms with Gasteiger partial charge in [0.25, 0.3) is 0 Å². The summed E-state index contributed by atoms with van der Waals surface area (Å²) in [5, 5.41) is 3.97. The molecular formula is C17H28N6O3S. The highest BCUT2D eigenvalue weighted by molar-refractivity contribution is 7.88. The molecule has 0 aromatic carbocycles. The Labute approximate surface area is 160 Å². The molecule has 0 aliphatic carbocycles. The lowest BCUT2D eigenvalue weighted by atomic mass is 10.2. The molecule has 0 radical (unpaired) electrons. The summed E-state index contributed by atoms with van der Waals surface area (Å²) in [5.74, 6) is 1.11. The molecule has 0 atom stereocenters. The Morgan fingerprint density at radius 3 is 2.59 bits per heavy atom. The molecule has 2 heterocycles. The van der Waals surface area contributed by atoms with Crippen molar-refractivity contribution >= 4 is 32.6 Å². The Morgan fingerprint density at radius 2 is 1.96 bits per heavy atom. The van der Waals surface area contributed by atoms with Gasteiger partial charge in [-0.1, -0.05) is 5.16 Å². The summed E-state index contributed by atoms with van der Waals surface area (Å²) < 4.78 is 26.9. The first-order valence-electron chi connectivity index (χ1n) is 8.79. The Kier molecular flexibility index (Phi) is 6.77. The monoisotopic (exact) mass is 396 g/mol. The Morgan fingerprint density at radius 1 is 1.26 bits per heavy atom. The number of aryl methyl sites for hydroxylation is 3. The first-order valence-corrected chi connectivity index (χ1v) is 10.7. The number of unbranched alkanes of at least 4 members (excludes halogenated alkanes) is 1. The lowest BCUT2D eigenvalue weighted by molar-refractivity contribution is 0.122. The number of anilines is 1. The second-order valence-electron chi connectivity index (χ2n) is 6.77. The molecule has 9 nitrogen and oxygen atoms in total. The Bertz CT molecular complexity index is 945. The molecule has 27 heavy (non-hydrogen) atoms. The van der Waals surface area contributed by atoms with Gasteiger partial charge in [-0.15, -0.1) is 0 Å². The van der Waals surface area contributed by atoms with Crippen molar-refractivity contribution in [2.75, 3.05) is 18.5 Å². The number of rotatable bonds is 9. The van der Waals surface area contributed by atoms with Crippen LogP contribution in [-0.2, 0) is 28.0 Å². The highest BCUT2D eigenvalue weighted by Crippen LogP contribution is 2.26. The minimum atomic E-state index is -3.17. The second-order valence-corrected chi connectivity index (χ2v) is 8.60. The third-order valence-electron chi connectivity index (χ3n) is 4.09. The van der Waals surface area contributed by atoms with Crippen LogP contribution in [0.2, 0.25) is 0 Å². The van der Waals surface area contributed by atoms with Gasteiger partial charge < -0.3 is 15.1 Å². The lowest BCUT2D eigenvalue weighted by Crippen LogP contribution is -2.23. The average Bonchev–Trinajstić information content (AvgIpc) is 2.90. The molecular weight excluding hydrogens is 368 g/mol. The zero-order valence-corrected chi connectivity index (χ0v) is 17.4. The summed E-state index contributed by atoms with van der Waals surface area (Å²) in [6.45, 7) is 8.91. The number of hydrogen-bond acceptors (Lipinski definition) is 7. The summed E-state index contributed by atoms with van der Waals surface area (Å²) in [7, 11) is -3.17. The maximum absolute atomic E-state index is 11.2. The van der Waals surface area contributed by atoms with Gasteiger partial charge in [0, 0.05) is 18.8 Å². The summed E-state index contributed by atoms with van der Waals surface area (Å²) in [6, 6.07) is 0. The van der Waals surface area contributed by atoms with E-state index in [2.05, 4.69) is 24.4 Å². The van der Waals surface area contributed by atoms with Crippen LogP contribution in [0.3, 0.4) is 0 Å². The van der Waals surface area contributed by atoms with E-state index < -0.39 is 10.0 Å². The van der Waals surface area contributed by atoms with Crippen molar-refractivity contribution in [3.8, 4) is 0 Å². The van der Waals surface area contributed by atoms with Crippen molar-refractivity contribution in [3.05, 3.63) is 17.1 Å². The predicted octanol–water partition coefficient (Wildman–Crippen LogP) is 1.87. The highest BCUT2D eigenvalue weighted by atomic mass is 32.2. The third kappa shape index (κ3) is 5.64. The van der Waals surface area contributed by atoms with Gasteiger partial charge in [0.15, 0.2) is 18.2 Å². The summed E-state index contributed by atoms with van der Waals surface area (Å²) in [6.07, 6.45) is 2.64. The Hall–Kier alpha value is -2.20. The molecule has 3 N–H and O–H groups in total. The normalized spacial score (nSPS) is 11.7. The molecule has 0 spiro atoms. The number of nitrogens with zero attached hydrogens (tertiary/aromatic N) is 4. The van der Waals surface area contributed by atoms with Crippen LogP contribution in [0.4, 0.5) is 5.82 Å². The Balaban J connectivity index is 2.27. The zero-order valence-electron chi connectivity index (χ0n) is 16.5. The van der Waals surface area contributed by atoms with Gasteiger partial charge in [-0.05, 0) is 46.1 Å². The number of fused-ring (bicyclic) bond motifs is 1. The predicted molar refractivity (Wildman–Crippen MR) is 107 cm³/mol. The highest BCUT2D eigenvalue weighted by Gasteiger charge is 2.18. The molecule has 0 unspecified atom stereocenters. The number of imidazole rings is 1. The SMILES string of the molecule is CC(C)=NOCc1nc2c(N)nc(C)c(C)c2n1CCCCNS(C)(=O)=O. The van der Waals surface area contributed by atoms with Crippen molar-refractivity contribution in [3.63, 3.8) is 0 Å². The van der Waals surface area contributed by atoms with E-state index in [1.807, 2.05) is 27.7 Å². The zero-order chi connectivity index (χ0) is 20.2. The lowest BCUT2D eigenvalue weighted by Gasteiger charge is -2.11. The molecule has 10 heteroatoms. The molecule has 0 saturated carbocycles. The van der Waals surface area contributed by atoms with Gasteiger partial charge in [0.2, 0.25) is 10.0 Å². The van der Waals surface area contributed by atoms with Gasteiger partial charge in [0.05, 0.1) is 17.5 Å². The summed E-state index contributed by atoms with van der Waals surface area (Å²) in [4.78, 5) is 14.4. The molecule has 2 aromatic rings. The van der Waals surface area contributed by atoms with Gasteiger partial charge >= 0.3 is 0 Å². The second kappa shape index (κ2) is 8.66. The van der Waals surface area contributed by atoms with Crippen LogP contribution >= 0.6 is 0 Å². The number of oxime groups is 1. The fraction of sp³-hybridized carbons (Fsp3) is 0.588. The topological polar surface area (TPSA) is 124 Å². The van der Waals surface area contributed by atoms with Crippen molar-refractivity contribution in [2.24, 2.45) is 5.16 Å². The minimum Gasteiger partial charge on any atom is -0.388 e. The molecule has 0 saturated heterocycles. The first-order chi connectivity index (χ1) is 12.6. The average molecular weight is 397 g/mol. The number of hydrogen-bond donors (Lipinski definition) is 2. The largest absolute Gasteiger partial charge is 0.388 e. The van der Waals surface area contributed by atoms with Crippen LogP contribution in [0.1, 0.15) is 43.8 Å². The van der Waals surface area contributed by atoms with Crippen molar-refractivity contribution in [1.82, 2.24) is 19.3 Å². The van der Waals surface area contributed by atoms with E-state index in [0.717, 1.165) is 35.2 Å². The first kappa shape index (κ1) is 21.1. The molecule has 0 aliphatic heterocycles. The van der Waals surface area contributed by atoms with Crippen molar-refractivity contribution < 1.29 is 13.3 Å². The van der Waals surface area contributed by atoms with E-state index in [0.29, 0.717) is 36.7 Å². The van der Waals surface area contributed by atoms with Crippen LogP contribution in [0.5, 0.6) is 0 Å². The van der Waals surface area contributed by atoms with Gasteiger partial charge in [-0.2, -0.15) is 0 Å². The molecule has 0 amide bonds. The quantitative estimate of drug-likeness (QED) is 0.379. The molecule has 0 fully saturated rings. The number of nitrogens with one attached hydrogen (secondary N) is 1. The van der Waals surface area contributed by atoms with Gasteiger partial charge in [-0.25, -0.2) is 23.1 Å². The van der Waals surface area contributed by atoms with Crippen molar-refractivity contribution in [2.45, 2.75) is 53.7 Å². The maximum atomic E-state index is 11.2. The van der Waals surface area contributed by atoms with Crippen LogP contribution in [0, 0.1) is 13.8 Å². The van der Waals surface area contributed by atoms with E-state index in [-0.39, 0.29) is 6.61 Å². The van der Waals surface area contributed by atoms with Gasteiger partial charge in [0.1, 0.15) is 5.52 Å². The van der Waals surface area contributed by atoms with E-state index >= 15 is 0 Å². The maximum Gasteiger partial charge on any atom is 0.208 e. The van der Waals surface area contributed by atoms with E-state index in [1.54, 1.807) is 0 Å². The van der Waals surface area contributed by atoms with E-state index in [4.69, 9.17) is 10.6 Å². The van der Waals surface area contributed by atoms with Crippen LogP contribution in [-0.4, -0.2) is 41.5 Å². The van der Waals surface area contributed by atoms with Crippen LogP contribution in [0.25, 0.3) is 11.0 Å². The molecule has 0 aliphatic rings. The molecule has 2 rings (SSSR count). The number of sulfonamides is 1. The third-order valence-corrected chi connectivity index (χ3v) is 4.82. The molecule has 2 aromatic heterocycles. The number of nitrogens with two attached hydrogens (primary N) is 1. The number of pyridine rings is 1. The van der Waals surface area contributed by atoms with Crippen LogP contribution in [0.15, 0.2) is 5.16 Å². The van der Waals surface area contributed by atoms with E-state index in [9.17, 15) is 8.42 Å². The number of aromatic nitrogens is 3. The fourth-order valence-electron chi connectivity index (χ4n) is 2.77. The molecule has 0 bridgehead atoms. The minimum absolute atomic E-state index is 0.222. The van der Waals surface area contributed by atoms with Gasteiger partial charge in [-0.3, -0.25) is 0 Å². The van der Waals surface area contributed by atoms with E-state index in [1.165, 1.54) is 0 Å². The standard InChI is InChI=1S/C17H28N6O3S/c1-11(2)22-26-10-14-21-15-16(12(3)13(4)20-17(15)18)23(14)9-7-6-8-19-27(5,24)25/h19H,6-10H2,1-5H3,(H2,18,20). The fourth-order valence-corrected chi connectivity index (χ4v) is 3.28. The van der Waals surface area contributed by atoms with Crippen molar-refractivity contribution in [1.29, 1.82) is 0 Å². The smallest absolute Gasteiger partial charge is 0.208 e. The summed E-state index contributed by atoms with van der Waals surface area (Å²) in [5.41, 5.74) is 10.4.